The van der Waals surface area contributed by atoms with Crippen LogP contribution in [0, 0.1) is 0 Å². The summed E-state index contributed by atoms with van der Waals surface area (Å²) in [6.07, 6.45) is 7.03. The molecule has 0 aromatic carbocycles. The van der Waals surface area contributed by atoms with Crippen LogP contribution in [0.1, 0.15) is 35.4 Å². The van der Waals surface area contributed by atoms with Crippen molar-refractivity contribution in [2.45, 2.75) is 32.2 Å². The van der Waals surface area contributed by atoms with Crippen LogP contribution in [0.2, 0.25) is 0 Å². The van der Waals surface area contributed by atoms with Gasteiger partial charge in [-0.1, -0.05) is 6.92 Å². The van der Waals surface area contributed by atoms with Crippen molar-refractivity contribution in [3.8, 4) is 0 Å². The Bertz CT molecular complexity index is 472. The van der Waals surface area contributed by atoms with Crippen LogP contribution in [0.4, 0.5) is 0 Å². The number of thiophene rings is 1. The third-order valence-corrected chi connectivity index (χ3v) is 4.09. The number of nitrogens with two attached hydrogens (primary N) is 1. The van der Waals surface area contributed by atoms with Gasteiger partial charge in [-0.3, -0.25) is 4.68 Å². The molecule has 2 N–H and O–H groups in total. The van der Waals surface area contributed by atoms with Crippen LogP contribution < -0.4 is 5.73 Å². The highest BCUT2D eigenvalue weighted by Crippen LogP contribution is 2.26. The molecule has 4 heteroatoms. The minimum absolute atomic E-state index is 0.158. The minimum atomic E-state index is 0.158. The number of nitrogens with zero attached hydrogens (tertiary/aromatic N) is 2. The smallest absolute Gasteiger partial charge is 0.0521 e. The van der Waals surface area contributed by atoms with Crippen molar-refractivity contribution in [3.63, 3.8) is 0 Å². The van der Waals surface area contributed by atoms with E-state index in [1.807, 2.05) is 17.9 Å². The second kappa shape index (κ2) is 5.47. The maximum atomic E-state index is 6.25. The van der Waals surface area contributed by atoms with Crippen molar-refractivity contribution in [1.82, 2.24) is 9.78 Å². The Morgan fingerprint density at radius 3 is 3.00 bits per heavy atom. The van der Waals surface area contributed by atoms with E-state index in [2.05, 4.69) is 29.7 Å². The third-order valence-electron chi connectivity index (χ3n) is 3.00. The van der Waals surface area contributed by atoms with E-state index < -0.39 is 0 Å². The van der Waals surface area contributed by atoms with E-state index in [9.17, 15) is 0 Å². The molecule has 2 heterocycles. The summed E-state index contributed by atoms with van der Waals surface area (Å²) >= 11 is 1.78. The predicted molar refractivity (Wildman–Crippen MR) is 72.2 cm³/mol. The molecule has 1 unspecified atom stereocenters. The average Bonchev–Trinajstić information content (AvgIpc) is 2.94. The van der Waals surface area contributed by atoms with Gasteiger partial charge in [0.25, 0.3) is 0 Å². The maximum absolute atomic E-state index is 6.25. The van der Waals surface area contributed by atoms with E-state index in [1.165, 1.54) is 16.0 Å². The second-order valence-electron chi connectivity index (χ2n) is 4.33. The molecule has 1 atom stereocenters. The Labute approximate surface area is 106 Å². The van der Waals surface area contributed by atoms with Crippen molar-refractivity contribution in [3.05, 3.63) is 39.8 Å². The molecule has 0 amide bonds. The third kappa shape index (κ3) is 2.96. The summed E-state index contributed by atoms with van der Waals surface area (Å²) in [6, 6.07) is 2.34. The Balaban J connectivity index is 1.95. The topological polar surface area (TPSA) is 43.8 Å². The first kappa shape index (κ1) is 12.3. The van der Waals surface area contributed by atoms with Gasteiger partial charge in [-0.05, 0) is 41.8 Å². The lowest BCUT2D eigenvalue weighted by Gasteiger charge is -2.11. The van der Waals surface area contributed by atoms with Gasteiger partial charge in [0.1, 0.15) is 0 Å². The summed E-state index contributed by atoms with van der Waals surface area (Å²) in [5, 5.41) is 6.31. The molecule has 0 aliphatic heterocycles. The number of rotatable bonds is 5. The van der Waals surface area contributed by atoms with Gasteiger partial charge in [-0.15, -0.1) is 11.3 Å². The van der Waals surface area contributed by atoms with E-state index in [-0.39, 0.29) is 6.04 Å². The summed E-state index contributed by atoms with van der Waals surface area (Å²) in [4.78, 5) is 1.34. The lowest BCUT2D eigenvalue weighted by atomic mass is 10.0. The van der Waals surface area contributed by atoms with E-state index >= 15 is 0 Å². The summed E-state index contributed by atoms with van der Waals surface area (Å²) in [5.41, 5.74) is 8.91. The molecule has 0 saturated heterocycles. The van der Waals surface area contributed by atoms with Crippen LogP contribution in [0.25, 0.3) is 0 Å². The fourth-order valence-electron chi connectivity index (χ4n) is 2.02. The first-order valence-electron chi connectivity index (χ1n) is 6.00. The molecule has 0 bridgehead atoms. The van der Waals surface area contributed by atoms with Crippen molar-refractivity contribution in [2.24, 2.45) is 12.8 Å². The fraction of sp³-hybridized carbons (Fsp3) is 0.462. The Kier molecular flexibility index (Phi) is 3.97. The van der Waals surface area contributed by atoms with Gasteiger partial charge < -0.3 is 5.73 Å². The van der Waals surface area contributed by atoms with E-state index in [4.69, 9.17) is 5.73 Å². The maximum Gasteiger partial charge on any atom is 0.0521 e. The normalized spacial score (nSPS) is 12.9. The zero-order valence-electron chi connectivity index (χ0n) is 10.4. The SMILES string of the molecule is CCc1ccsc1C(N)CCc1cnn(C)c1. The Morgan fingerprint density at radius 1 is 1.53 bits per heavy atom. The van der Waals surface area contributed by atoms with Crippen molar-refractivity contribution in [1.29, 1.82) is 0 Å². The zero-order valence-corrected chi connectivity index (χ0v) is 11.2. The van der Waals surface area contributed by atoms with Gasteiger partial charge in [0, 0.05) is 24.2 Å². The summed E-state index contributed by atoms with van der Waals surface area (Å²) < 4.78 is 1.84. The van der Waals surface area contributed by atoms with Crippen molar-refractivity contribution < 1.29 is 0 Å². The lowest BCUT2D eigenvalue weighted by molar-refractivity contribution is 0.656. The fourth-order valence-corrected chi connectivity index (χ4v) is 3.05. The highest BCUT2D eigenvalue weighted by Gasteiger charge is 2.12. The lowest BCUT2D eigenvalue weighted by Crippen LogP contribution is -2.11. The summed E-state index contributed by atoms with van der Waals surface area (Å²) in [5.74, 6) is 0. The predicted octanol–water partition coefficient (Wildman–Crippen LogP) is 2.68. The van der Waals surface area contributed by atoms with E-state index in [1.54, 1.807) is 11.3 Å². The molecule has 0 aliphatic carbocycles. The zero-order chi connectivity index (χ0) is 12.3. The average molecular weight is 249 g/mol. The van der Waals surface area contributed by atoms with Gasteiger partial charge in [-0.25, -0.2) is 0 Å². The van der Waals surface area contributed by atoms with Gasteiger partial charge in [0.2, 0.25) is 0 Å². The first-order chi connectivity index (χ1) is 8.20. The summed E-state index contributed by atoms with van der Waals surface area (Å²) in [6.45, 7) is 2.18. The molecule has 0 fully saturated rings. The number of hydrogen-bond acceptors (Lipinski definition) is 3. The van der Waals surface area contributed by atoms with E-state index in [0.717, 1.165) is 19.3 Å². The largest absolute Gasteiger partial charge is 0.323 e. The van der Waals surface area contributed by atoms with E-state index in [0.29, 0.717) is 0 Å². The summed E-state index contributed by atoms with van der Waals surface area (Å²) in [7, 11) is 1.94. The van der Waals surface area contributed by atoms with Crippen LogP contribution >= 0.6 is 11.3 Å². The van der Waals surface area contributed by atoms with Crippen LogP contribution in [-0.4, -0.2) is 9.78 Å². The van der Waals surface area contributed by atoms with Crippen LogP contribution in [0.15, 0.2) is 23.8 Å². The van der Waals surface area contributed by atoms with Crippen molar-refractivity contribution in [2.75, 3.05) is 0 Å². The van der Waals surface area contributed by atoms with Gasteiger partial charge >= 0.3 is 0 Å². The molecule has 0 radical (unpaired) electrons. The second-order valence-corrected chi connectivity index (χ2v) is 5.28. The number of hydrogen-bond donors (Lipinski definition) is 1. The van der Waals surface area contributed by atoms with Crippen LogP contribution in [0.5, 0.6) is 0 Å². The highest BCUT2D eigenvalue weighted by molar-refractivity contribution is 7.10. The molecule has 2 aromatic rings. The van der Waals surface area contributed by atoms with Crippen LogP contribution in [-0.2, 0) is 19.9 Å². The molecule has 92 valence electrons. The minimum Gasteiger partial charge on any atom is -0.323 e. The van der Waals surface area contributed by atoms with Crippen LogP contribution in [0.3, 0.4) is 0 Å². The van der Waals surface area contributed by atoms with Gasteiger partial charge in [-0.2, -0.15) is 5.10 Å². The number of aromatic nitrogens is 2. The Hall–Kier alpha value is -1.13. The molecular formula is C13H19N3S. The molecule has 2 aromatic heterocycles. The monoisotopic (exact) mass is 249 g/mol. The standard InChI is InChI=1S/C13H19N3S/c1-3-11-6-7-17-13(11)12(14)5-4-10-8-15-16(2)9-10/h6-9,12H,3-5,14H2,1-2H3. The van der Waals surface area contributed by atoms with Crippen molar-refractivity contribution >= 4 is 11.3 Å². The number of aryl methyl sites for hydroxylation is 3. The molecule has 17 heavy (non-hydrogen) atoms. The quantitative estimate of drug-likeness (QED) is 0.885. The van der Waals surface area contributed by atoms with Gasteiger partial charge in [0.15, 0.2) is 0 Å². The molecular weight excluding hydrogens is 230 g/mol. The molecule has 3 nitrogen and oxygen atoms in total. The van der Waals surface area contributed by atoms with Gasteiger partial charge in [0.05, 0.1) is 6.20 Å². The molecule has 2 rings (SSSR count). The molecule has 0 saturated carbocycles. The first-order valence-corrected chi connectivity index (χ1v) is 6.88. The molecule has 0 spiro atoms. The highest BCUT2D eigenvalue weighted by atomic mass is 32.1. The molecule has 0 aliphatic rings. The Morgan fingerprint density at radius 2 is 2.35 bits per heavy atom.